The van der Waals surface area contributed by atoms with Crippen LogP contribution in [0.5, 0.6) is 0 Å². The predicted octanol–water partition coefficient (Wildman–Crippen LogP) is 1.79. The first-order valence-electron chi connectivity index (χ1n) is 7.24. The van der Waals surface area contributed by atoms with Crippen molar-refractivity contribution in [1.29, 1.82) is 0 Å². The summed E-state index contributed by atoms with van der Waals surface area (Å²) in [6.45, 7) is 8.96. The molecule has 20 heavy (non-hydrogen) atoms. The van der Waals surface area contributed by atoms with E-state index in [0.717, 1.165) is 38.3 Å². The van der Waals surface area contributed by atoms with E-state index in [1.165, 1.54) is 0 Å². The van der Waals surface area contributed by atoms with E-state index in [0.29, 0.717) is 5.56 Å². The number of ether oxygens (including phenoxy) is 1. The van der Waals surface area contributed by atoms with E-state index in [-0.39, 0.29) is 12.1 Å². The Morgan fingerprint density at radius 1 is 1.25 bits per heavy atom. The minimum atomic E-state index is -0.218. The molecule has 110 valence electrons. The van der Waals surface area contributed by atoms with Crippen molar-refractivity contribution in [3.8, 4) is 0 Å². The van der Waals surface area contributed by atoms with Crippen LogP contribution in [0.3, 0.4) is 0 Å². The highest BCUT2D eigenvalue weighted by Gasteiger charge is 2.19. The molecule has 1 aliphatic heterocycles. The molecule has 0 aliphatic carbocycles. The van der Waals surface area contributed by atoms with Crippen LogP contribution in [-0.2, 0) is 4.74 Å². The zero-order chi connectivity index (χ0) is 14.5. The maximum Gasteiger partial charge on any atom is 0.338 e. The fraction of sp³-hybridized carbons (Fsp3) is 0.562. The fourth-order valence-electron chi connectivity index (χ4n) is 2.48. The summed E-state index contributed by atoms with van der Waals surface area (Å²) in [5.41, 5.74) is 1.63. The highest BCUT2D eigenvalue weighted by atomic mass is 16.5. The number of rotatable bonds is 4. The molecular formula is C16H24N2O2. The number of carbonyl (C=O) groups excluding carboxylic acids is 1. The molecule has 4 nitrogen and oxygen atoms in total. The molecular weight excluding hydrogens is 252 g/mol. The van der Waals surface area contributed by atoms with Gasteiger partial charge in [0.15, 0.2) is 0 Å². The Balaban J connectivity index is 1.84. The predicted molar refractivity (Wildman–Crippen MR) is 80.0 cm³/mol. The van der Waals surface area contributed by atoms with Gasteiger partial charge in [-0.15, -0.1) is 0 Å². The van der Waals surface area contributed by atoms with Gasteiger partial charge >= 0.3 is 5.97 Å². The van der Waals surface area contributed by atoms with Crippen LogP contribution in [0.4, 0.5) is 0 Å². The maximum absolute atomic E-state index is 12.1. The lowest BCUT2D eigenvalue weighted by atomic mass is 10.1. The first-order valence-corrected chi connectivity index (χ1v) is 7.24. The quantitative estimate of drug-likeness (QED) is 0.785. The van der Waals surface area contributed by atoms with Crippen LogP contribution < -0.4 is 0 Å². The molecule has 1 aromatic carbocycles. The molecule has 0 unspecified atom stereocenters. The Hall–Kier alpha value is -1.39. The van der Waals surface area contributed by atoms with Crippen LogP contribution in [0.2, 0.25) is 0 Å². The Bertz CT molecular complexity index is 454. The number of piperazine rings is 1. The first-order chi connectivity index (χ1) is 9.56. The number of benzene rings is 1. The fourth-order valence-corrected chi connectivity index (χ4v) is 2.48. The van der Waals surface area contributed by atoms with Crippen LogP contribution in [0, 0.1) is 6.92 Å². The number of aryl methyl sites for hydroxylation is 1. The summed E-state index contributed by atoms with van der Waals surface area (Å²) in [5.74, 6) is -0.218. The van der Waals surface area contributed by atoms with Crippen LogP contribution in [0.1, 0.15) is 22.8 Å². The van der Waals surface area contributed by atoms with Crippen molar-refractivity contribution in [2.24, 2.45) is 0 Å². The molecule has 2 rings (SSSR count). The summed E-state index contributed by atoms with van der Waals surface area (Å²) >= 11 is 0. The van der Waals surface area contributed by atoms with Crippen molar-refractivity contribution in [3.05, 3.63) is 35.4 Å². The van der Waals surface area contributed by atoms with E-state index in [1.807, 2.05) is 38.1 Å². The Kier molecular flexibility index (Phi) is 5.15. The van der Waals surface area contributed by atoms with E-state index >= 15 is 0 Å². The molecule has 1 fully saturated rings. The smallest absolute Gasteiger partial charge is 0.338 e. The summed E-state index contributed by atoms with van der Waals surface area (Å²) in [7, 11) is 2.14. The third-order valence-corrected chi connectivity index (χ3v) is 3.78. The van der Waals surface area contributed by atoms with Gasteiger partial charge in [-0.2, -0.15) is 0 Å². The summed E-state index contributed by atoms with van der Waals surface area (Å²) in [4.78, 5) is 16.8. The van der Waals surface area contributed by atoms with Crippen LogP contribution in [0.15, 0.2) is 24.3 Å². The number of hydrogen-bond donors (Lipinski definition) is 0. The normalized spacial score (nSPS) is 18.8. The molecule has 1 aromatic rings. The number of carbonyl (C=O) groups is 1. The number of esters is 1. The molecule has 0 spiro atoms. The second-order valence-electron chi connectivity index (χ2n) is 5.63. The largest absolute Gasteiger partial charge is 0.458 e. The van der Waals surface area contributed by atoms with Gasteiger partial charge in [0.2, 0.25) is 0 Å². The van der Waals surface area contributed by atoms with Gasteiger partial charge in [-0.1, -0.05) is 18.2 Å². The molecule has 1 saturated heterocycles. The number of nitrogens with zero attached hydrogens (tertiary/aromatic N) is 2. The molecule has 4 heteroatoms. The monoisotopic (exact) mass is 276 g/mol. The van der Waals surface area contributed by atoms with E-state index in [4.69, 9.17) is 4.74 Å². The highest BCUT2D eigenvalue weighted by Crippen LogP contribution is 2.11. The molecule has 0 saturated carbocycles. The second kappa shape index (κ2) is 6.86. The van der Waals surface area contributed by atoms with Gasteiger partial charge in [0.25, 0.3) is 0 Å². The van der Waals surface area contributed by atoms with Crippen molar-refractivity contribution in [3.63, 3.8) is 0 Å². The Morgan fingerprint density at radius 3 is 2.55 bits per heavy atom. The maximum atomic E-state index is 12.1. The standard InChI is InChI=1S/C16H24N2O2/c1-13-6-4-5-7-15(13)16(19)20-14(2)12-18-10-8-17(3)9-11-18/h4-7,14H,8-12H2,1-3H3/t14-/m1/s1. The van der Waals surface area contributed by atoms with E-state index in [9.17, 15) is 4.79 Å². The van der Waals surface area contributed by atoms with E-state index < -0.39 is 0 Å². The third-order valence-electron chi connectivity index (χ3n) is 3.78. The van der Waals surface area contributed by atoms with Crippen molar-refractivity contribution >= 4 is 5.97 Å². The summed E-state index contributed by atoms with van der Waals surface area (Å²) in [6.07, 6.45) is -0.0782. The summed E-state index contributed by atoms with van der Waals surface area (Å²) < 4.78 is 5.55. The van der Waals surface area contributed by atoms with Gasteiger partial charge in [0.05, 0.1) is 5.56 Å². The molecule has 0 radical (unpaired) electrons. The lowest BCUT2D eigenvalue weighted by Crippen LogP contribution is -2.47. The molecule has 0 aromatic heterocycles. The van der Waals surface area contributed by atoms with Gasteiger partial charge in [0, 0.05) is 32.7 Å². The lowest BCUT2D eigenvalue weighted by molar-refractivity contribution is 0.0206. The van der Waals surface area contributed by atoms with Gasteiger partial charge in [-0.25, -0.2) is 4.79 Å². The van der Waals surface area contributed by atoms with Crippen molar-refractivity contribution < 1.29 is 9.53 Å². The SMILES string of the molecule is Cc1ccccc1C(=O)O[C@H](C)CN1CCN(C)CC1. The highest BCUT2D eigenvalue weighted by molar-refractivity contribution is 5.91. The molecule has 1 aliphatic rings. The van der Waals surface area contributed by atoms with Crippen molar-refractivity contribution in [1.82, 2.24) is 9.80 Å². The van der Waals surface area contributed by atoms with Gasteiger partial charge < -0.3 is 9.64 Å². The lowest BCUT2D eigenvalue weighted by Gasteiger charge is -2.33. The van der Waals surface area contributed by atoms with Gasteiger partial charge in [-0.3, -0.25) is 4.90 Å². The minimum Gasteiger partial charge on any atom is -0.458 e. The molecule has 0 bridgehead atoms. The average molecular weight is 276 g/mol. The molecule has 0 amide bonds. The molecule has 1 atom stereocenters. The average Bonchev–Trinajstić information content (AvgIpc) is 2.41. The summed E-state index contributed by atoms with van der Waals surface area (Å²) in [5, 5.41) is 0. The topological polar surface area (TPSA) is 32.8 Å². The molecule has 1 heterocycles. The Labute approximate surface area is 121 Å². The zero-order valence-corrected chi connectivity index (χ0v) is 12.6. The second-order valence-corrected chi connectivity index (χ2v) is 5.63. The van der Waals surface area contributed by atoms with Gasteiger partial charge in [-0.05, 0) is 32.5 Å². The van der Waals surface area contributed by atoms with Gasteiger partial charge in [0.1, 0.15) is 6.10 Å². The first kappa shape index (κ1) is 15.0. The zero-order valence-electron chi connectivity index (χ0n) is 12.6. The molecule has 0 N–H and O–H groups in total. The van der Waals surface area contributed by atoms with Crippen molar-refractivity contribution in [2.45, 2.75) is 20.0 Å². The van der Waals surface area contributed by atoms with Crippen LogP contribution in [0.25, 0.3) is 0 Å². The third kappa shape index (κ3) is 4.05. The summed E-state index contributed by atoms with van der Waals surface area (Å²) in [6, 6.07) is 7.55. The van der Waals surface area contributed by atoms with E-state index in [1.54, 1.807) is 0 Å². The van der Waals surface area contributed by atoms with Crippen LogP contribution in [-0.4, -0.2) is 61.6 Å². The minimum absolute atomic E-state index is 0.0782. The van der Waals surface area contributed by atoms with E-state index in [2.05, 4.69) is 16.8 Å². The van der Waals surface area contributed by atoms with Crippen LogP contribution >= 0.6 is 0 Å². The Morgan fingerprint density at radius 2 is 1.90 bits per heavy atom. The number of hydrogen-bond acceptors (Lipinski definition) is 4. The van der Waals surface area contributed by atoms with Crippen molar-refractivity contribution in [2.75, 3.05) is 39.8 Å². The number of likely N-dealkylation sites (N-methyl/N-ethyl adjacent to an activating group) is 1.